The highest BCUT2D eigenvalue weighted by atomic mass is 14.9. The Labute approximate surface area is 107 Å². The van der Waals surface area contributed by atoms with Crippen molar-refractivity contribution in [2.75, 3.05) is 6.54 Å². The minimum absolute atomic E-state index is 0.590. The van der Waals surface area contributed by atoms with Crippen LogP contribution >= 0.6 is 0 Å². The van der Waals surface area contributed by atoms with Gasteiger partial charge in [0, 0.05) is 6.04 Å². The molecule has 1 heteroatoms. The molecule has 0 aliphatic carbocycles. The Balaban J connectivity index is 2.81. The molecule has 0 aliphatic heterocycles. The molecule has 0 bridgehead atoms. The van der Waals surface area contributed by atoms with Gasteiger partial charge < -0.3 is 5.32 Å². The second-order valence-corrected chi connectivity index (χ2v) is 5.12. The molecule has 0 aliphatic rings. The van der Waals surface area contributed by atoms with E-state index < -0.39 is 0 Å². The molecule has 0 heterocycles. The first-order valence-corrected chi connectivity index (χ1v) is 6.90. The van der Waals surface area contributed by atoms with Crippen molar-refractivity contribution in [2.24, 2.45) is 0 Å². The molecular formula is C16H27N. The number of hydrogen-bond donors (Lipinski definition) is 1. The standard InChI is InChI=1S/C16H27N/c1-6-10-17-16(7-2)14(5)15-9-8-12(3)11-13(15)4/h8-9,11,14,16-17H,6-7,10H2,1-5H3. The Kier molecular flexibility index (Phi) is 5.70. The van der Waals surface area contributed by atoms with Gasteiger partial charge in [-0.25, -0.2) is 0 Å². The summed E-state index contributed by atoms with van der Waals surface area (Å²) in [6.07, 6.45) is 2.39. The summed E-state index contributed by atoms with van der Waals surface area (Å²) in [6.45, 7) is 12.3. The van der Waals surface area contributed by atoms with Crippen LogP contribution in [0.5, 0.6) is 0 Å². The van der Waals surface area contributed by atoms with Crippen molar-refractivity contribution < 1.29 is 0 Å². The summed E-state index contributed by atoms with van der Waals surface area (Å²) >= 11 is 0. The van der Waals surface area contributed by atoms with Gasteiger partial charge in [0.1, 0.15) is 0 Å². The first-order valence-electron chi connectivity index (χ1n) is 6.90. The van der Waals surface area contributed by atoms with E-state index in [-0.39, 0.29) is 0 Å². The summed E-state index contributed by atoms with van der Waals surface area (Å²) in [5, 5.41) is 3.66. The zero-order valence-electron chi connectivity index (χ0n) is 12.0. The molecule has 1 N–H and O–H groups in total. The molecule has 2 unspecified atom stereocenters. The molecule has 17 heavy (non-hydrogen) atoms. The third kappa shape index (κ3) is 3.85. The number of nitrogens with one attached hydrogen (secondary N) is 1. The van der Waals surface area contributed by atoms with Crippen LogP contribution in [-0.4, -0.2) is 12.6 Å². The van der Waals surface area contributed by atoms with Gasteiger partial charge in [0.25, 0.3) is 0 Å². The van der Waals surface area contributed by atoms with Crippen molar-refractivity contribution in [3.63, 3.8) is 0 Å². The lowest BCUT2D eigenvalue weighted by atomic mass is 9.88. The SMILES string of the molecule is CCCNC(CC)C(C)c1ccc(C)cc1C. The fraction of sp³-hybridized carbons (Fsp3) is 0.625. The molecular weight excluding hydrogens is 206 g/mol. The van der Waals surface area contributed by atoms with Gasteiger partial charge in [0.05, 0.1) is 0 Å². The second kappa shape index (κ2) is 6.80. The Hall–Kier alpha value is -0.820. The summed E-state index contributed by atoms with van der Waals surface area (Å²) < 4.78 is 0. The van der Waals surface area contributed by atoms with Crippen molar-refractivity contribution >= 4 is 0 Å². The maximum atomic E-state index is 3.66. The van der Waals surface area contributed by atoms with Gasteiger partial charge in [-0.3, -0.25) is 0 Å². The maximum absolute atomic E-state index is 3.66. The quantitative estimate of drug-likeness (QED) is 0.777. The average Bonchev–Trinajstić information content (AvgIpc) is 2.29. The van der Waals surface area contributed by atoms with Crippen molar-refractivity contribution in [1.29, 1.82) is 0 Å². The predicted octanol–water partition coefficient (Wildman–Crippen LogP) is 4.19. The Morgan fingerprint density at radius 2 is 1.88 bits per heavy atom. The van der Waals surface area contributed by atoms with Gasteiger partial charge in [-0.15, -0.1) is 0 Å². The monoisotopic (exact) mass is 233 g/mol. The van der Waals surface area contributed by atoms with Crippen molar-refractivity contribution in [1.82, 2.24) is 5.32 Å². The molecule has 0 radical (unpaired) electrons. The zero-order valence-corrected chi connectivity index (χ0v) is 12.0. The number of benzene rings is 1. The lowest BCUT2D eigenvalue weighted by Crippen LogP contribution is -2.34. The van der Waals surface area contributed by atoms with Crippen LogP contribution in [0.2, 0.25) is 0 Å². The summed E-state index contributed by atoms with van der Waals surface area (Å²) in [5.74, 6) is 0.590. The van der Waals surface area contributed by atoms with E-state index in [0.29, 0.717) is 12.0 Å². The Morgan fingerprint density at radius 1 is 1.18 bits per heavy atom. The van der Waals surface area contributed by atoms with E-state index in [0.717, 1.165) is 6.54 Å². The summed E-state index contributed by atoms with van der Waals surface area (Å²) in [5.41, 5.74) is 4.27. The molecule has 0 spiro atoms. The summed E-state index contributed by atoms with van der Waals surface area (Å²) in [4.78, 5) is 0. The molecule has 96 valence electrons. The lowest BCUT2D eigenvalue weighted by Gasteiger charge is -2.26. The normalized spacial score (nSPS) is 14.6. The van der Waals surface area contributed by atoms with Crippen molar-refractivity contribution in [3.8, 4) is 0 Å². The number of hydrogen-bond acceptors (Lipinski definition) is 1. The fourth-order valence-electron chi connectivity index (χ4n) is 2.56. The van der Waals surface area contributed by atoms with Crippen LogP contribution in [0, 0.1) is 13.8 Å². The fourth-order valence-corrected chi connectivity index (χ4v) is 2.56. The van der Waals surface area contributed by atoms with Gasteiger partial charge in [-0.05, 0) is 50.3 Å². The van der Waals surface area contributed by atoms with Crippen molar-refractivity contribution in [2.45, 2.75) is 59.4 Å². The molecule has 0 amide bonds. The second-order valence-electron chi connectivity index (χ2n) is 5.12. The average molecular weight is 233 g/mol. The smallest absolute Gasteiger partial charge is 0.0131 e. The molecule has 0 aromatic heterocycles. The molecule has 0 saturated carbocycles. The minimum Gasteiger partial charge on any atom is -0.313 e. The van der Waals surface area contributed by atoms with E-state index in [1.807, 2.05) is 0 Å². The summed E-state index contributed by atoms with van der Waals surface area (Å²) in [6, 6.07) is 7.41. The third-order valence-electron chi connectivity index (χ3n) is 3.62. The van der Waals surface area contributed by atoms with Crippen LogP contribution in [0.15, 0.2) is 18.2 Å². The van der Waals surface area contributed by atoms with Gasteiger partial charge in [-0.1, -0.05) is 44.5 Å². The van der Waals surface area contributed by atoms with E-state index in [9.17, 15) is 0 Å². The van der Waals surface area contributed by atoms with Crippen LogP contribution in [0.1, 0.15) is 56.2 Å². The first-order chi connectivity index (χ1) is 8.10. The maximum Gasteiger partial charge on any atom is 0.0131 e. The lowest BCUT2D eigenvalue weighted by molar-refractivity contribution is 0.437. The Morgan fingerprint density at radius 3 is 2.41 bits per heavy atom. The van der Waals surface area contributed by atoms with Crippen LogP contribution in [0.25, 0.3) is 0 Å². The minimum atomic E-state index is 0.590. The summed E-state index contributed by atoms with van der Waals surface area (Å²) in [7, 11) is 0. The van der Waals surface area contributed by atoms with Gasteiger partial charge in [-0.2, -0.15) is 0 Å². The predicted molar refractivity (Wildman–Crippen MR) is 76.7 cm³/mol. The highest BCUT2D eigenvalue weighted by molar-refractivity contribution is 5.33. The highest BCUT2D eigenvalue weighted by Gasteiger charge is 2.17. The van der Waals surface area contributed by atoms with Gasteiger partial charge >= 0.3 is 0 Å². The van der Waals surface area contributed by atoms with Gasteiger partial charge in [0.15, 0.2) is 0 Å². The Bertz CT molecular complexity index is 343. The molecule has 1 nitrogen and oxygen atoms in total. The van der Waals surface area contributed by atoms with E-state index in [1.165, 1.54) is 29.5 Å². The topological polar surface area (TPSA) is 12.0 Å². The zero-order chi connectivity index (χ0) is 12.8. The number of rotatable bonds is 6. The van der Waals surface area contributed by atoms with Gasteiger partial charge in [0.2, 0.25) is 0 Å². The van der Waals surface area contributed by atoms with Crippen LogP contribution < -0.4 is 5.32 Å². The first kappa shape index (κ1) is 14.2. The molecule has 0 fully saturated rings. The van der Waals surface area contributed by atoms with Crippen molar-refractivity contribution in [3.05, 3.63) is 34.9 Å². The van der Waals surface area contributed by atoms with E-state index in [4.69, 9.17) is 0 Å². The number of aryl methyl sites for hydroxylation is 2. The molecule has 1 aromatic carbocycles. The molecule has 1 rings (SSSR count). The van der Waals surface area contributed by atoms with E-state index in [1.54, 1.807) is 0 Å². The van der Waals surface area contributed by atoms with Crippen LogP contribution in [-0.2, 0) is 0 Å². The largest absolute Gasteiger partial charge is 0.313 e. The van der Waals surface area contributed by atoms with Crippen LogP contribution in [0.4, 0.5) is 0 Å². The van der Waals surface area contributed by atoms with Crippen LogP contribution in [0.3, 0.4) is 0 Å². The molecule has 1 aromatic rings. The van der Waals surface area contributed by atoms with E-state index in [2.05, 4.69) is 58.1 Å². The third-order valence-corrected chi connectivity index (χ3v) is 3.62. The molecule has 0 saturated heterocycles. The molecule has 2 atom stereocenters. The highest BCUT2D eigenvalue weighted by Crippen LogP contribution is 2.25. The van der Waals surface area contributed by atoms with E-state index >= 15 is 0 Å².